The normalized spacial score (nSPS) is 21.0. The van der Waals surface area contributed by atoms with Crippen LogP contribution in [0.25, 0.3) is 0 Å². The van der Waals surface area contributed by atoms with E-state index in [1.165, 1.54) is 30.9 Å². The molecule has 2 bridgehead atoms. The largest absolute Gasteiger partial charge is 0.494 e. The quantitative estimate of drug-likeness (QED) is 0.815. The van der Waals surface area contributed by atoms with Gasteiger partial charge in [0, 0.05) is 44.6 Å². The lowest BCUT2D eigenvalue weighted by Gasteiger charge is -2.37. The topological polar surface area (TPSA) is 78.8 Å². The van der Waals surface area contributed by atoms with E-state index in [9.17, 15) is 9.59 Å². The molecule has 1 saturated heterocycles. The van der Waals surface area contributed by atoms with E-state index < -0.39 is 0 Å². The van der Waals surface area contributed by atoms with Crippen LogP contribution in [0.15, 0.2) is 39.6 Å². The Hall–Kier alpha value is -2.54. The van der Waals surface area contributed by atoms with Crippen LogP contribution in [-0.2, 0) is 17.6 Å². The number of amides is 1. The molecule has 3 heterocycles. The minimum Gasteiger partial charge on any atom is -0.494 e. The van der Waals surface area contributed by atoms with Gasteiger partial charge in [-0.1, -0.05) is 18.6 Å². The van der Waals surface area contributed by atoms with Crippen LogP contribution >= 0.6 is 0 Å². The summed E-state index contributed by atoms with van der Waals surface area (Å²) < 4.78 is 11.1. The summed E-state index contributed by atoms with van der Waals surface area (Å²) in [6.07, 6.45) is 7.52. The number of aromatic nitrogens is 1. The molecule has 0 saturated carbocycles. The number of ether oxygens (including phenoxy) is 1. The Morgan fingerprint density at radius 1 is 1.06 bits per heavy atom. The molecular weight excluding hydrogens is 394 g/mol. The molecule has 2 aliphatic heterocycles. The summed E-state index contributed by atoms with van der Waals surface area (Å²) >= 11 is 0. The van der Waals surface area contributed by atoms with E-state index in [4.69, 9.17) is 9.26 Å². The first-order valence-corrected chi connectivity index (χ1v) is 11.6. The number of carbonyl (C=O) groups is 1. The van der Waals surface area contributed by atoms with E-state index in [-0.39, 0.29) is 11.5 Å². The summed E-state index contributed by atoms with van der Waals surface area (Å²) in [5, 5.41) is 2.28. The third-order valence-electron chi connectivity index (χ3n) is 6.42. The number of rotatable bonds is 3. The van der Waals surface area contributed by atoms with E-state index >= 15 is 0 Å². The van der Waals surface area contributed by atoms with Crippen LogP contribution in [0, 0.1) is 0 Å². The first-order chi connectivity index (χ1) is 15.2. The van der Waals surface area contributed by atoms with Gasteiger partial charge < -0.3 is 14.2 Å². The van der Waals surface area contributed by atoms with Crippen LogP contribution in [0.5, 0.6) is 5.75 Å². The van der Waals surface area contributed by atoms with Crippen molar-refractivity contribution in [1.29, 1.82) is 0 Å². The maximum Gasteiger partial charge on any atom is 0.280 e. The average molecular weight is 428 g/mol. The molecular formula is C24H33N3O4. The van der Waals surface area contributed by atoms with Gasteiger partial charge in [0.15, 0.2) is 0 Å². The lowest BCUT2D eigenvalue weighted by atomic mass is 9.95. The molecule has 1 fully saturated rings. The maximum atomic E-state index is 13.0. The van der Waals surface area contributed by atoms with Gasteiger partial charge in [-0.2, -0.15) is 5.16 Å². The Morgan fingerprint density at radius 2 is 2.00 bits per heavy atom. The third-order valence-corrected chi connectivity index (χ3v) is 6.42. The van der Waals surface area contributed by atoms with Crippen LogP contribution in [0.2, 0.25) is 0 Å². The Kier molecular flexibility index (Phi) is 7.46. The number of H-pyrrole nitrogens is 1. The fraction of sp³-hybridized carbons (Fsp3) is 0.583. The number of nitrogens with zero attached hydrogens (tertiary/aromatic N) is 2. The van der Waals surface area contributed by atoms with Gasteiger partial charge in [-0.15, -0.1) is 0 Å². The molecule has 0 radical (unpaired) electrons. The van der Waals surface area contributed by atoms with Crippen molar-refractivity contribution >= 4 is 5.91 Å². The first kappa shape index (κ1) is 21.7. The zero-order chi connectivity index (χ0) is 21.5. The molecule has 0 spiro atoms. The number of benzene rings is 1. The Morgan fingerprint density at radius 3 is 2.87 bits per heavy atom. The van der Waals surface area contributed by atoms with E-state index in [0.717, 1.165) is 44.6 Å². The highest BCUT2D eigenvalue weighted by molar-refractivity contribution is 5.76. The van der Waals surface area contributed by atoms with Crippen molar-refractivity contribution in [3.63, 3.8) is 0 Å². The van der Waals surface area contributed by atoms with E-state index in [0.29, 0.717) is 37.8 Å². The van der Waals surface area contributed by atoms with Gasteiger partial charge in [-0.25, -0.2) is 0 Å². The van der Waals surface area contributed by atoms with E-state index in [1.807, 2.05) is 11.0 Å². The molecule has 31 heavy (non-hydrogen) atoms. The third kappa shape index (κ3) is 6.23. The summed E-state index contributed by atoms with van der Waals surface area (Å²) in [6.45, 7) is 4.03. The summed E-state index contributed by atoms with van der Waals surface area (Å²) in [5.74, 6) is 1.54. The van der Waals surface area contributed by atoms with Crippen molar-refractivity contribution in [2.45, 2.75) is 57.4 Å². The minimum absolute atomic E-state index is 0.103. The molecule has 1 N–H and O–H groups in total. The molecule has 4 rings (SSSR count). The van der Waals surface area contributed by atoms with Gasteiger partial charge >= 0.3 is 0 Å². The molecule has 1 amide bonds. The SMILES string of the molecule is O=C(CCc1cc(=O)[nH]o1)N1CCCOc2cccc(c2)CCC2CCCCN2CC1. The fourth-order valence-electron chi connectivity index (χ4n) is 4.69. The molecule has 1 atom stereocenters. The lowest BCUT2D eigenvalue weighted by molar-refractivity contribution is -0.131. The van der Waals surface area contributed by atoms with Crippen molar-refractivity contribution in [3.8, 4) is 5.75 Å². The fourth-order valence-corrected chi connectivity index (χ4v) is 4.69. The van der Waals surface area contributed by atoms with Crippen LogP contribution in [0.3, 0.4) is 0 Å². The number of piperidine rings is 1. The molecule has 1 aromatic carbocycles. The molecule has 7 heteroatoms. The summed E-state index contributed by atoms with van der Waals surface area (Å²) in [7, 11) is 0. The van der Waals surface area contributed by atoms with Gasteiger partial charge in [0.2, 0.25) is 5.91 Å². The van der Waals surface area contributed by atoms with Crippen molar-refractivity contribution in [1.82, 2.24) is 15.0 Å². The van der Waals surface area contributed by atoms with Crippen LogP contribution < -0.4 is 10.3 Å². The predicted molar refractivity (Wildman–Crippen MR) is 118 cm³/mol. The smallest absolute Gasteiger partial charge is 0.280 e. The van der Waals surface area contributed by atoms with Gasteiger partial charge in [-0.05, 0) is 56.3 Å². The first-order valence-electron chi connectivity index (χ1n) is 11.6. The number of hydrogen-bond acceptors (Lipinski definition) is 5. The summed E-state index contributed by atoms with van der Waals surface area (Å²) in [4.78, 5) is 28.7. The maximum absolute atomic E-state index is 13.0. The van der Waals surface area contributed by atoms with Crippen LogP contribution in [0.1, 0.15) is 49.8 Å². The van der Waals surface area contributed by atoms with Gasteiger partial charge in [0.1, 0.15) is 11.5 Å². The minimum atomic E-state index is -0.266. The molecule has 2 aromatic rings. The monoisotopic (exact) mass is 427 g/mol. The number of carbonyl (C=O) groups excluding carboxylic acids is 1. The van der Waals surface area contributed by atoms with Crippen LogP contribution in [-0.4, -0.2) is 59.7 Å². The number of aromatic amines is 1. The van der Waals surface area contributed by atoms with E-state index in [1.54, 1.807) is 0 Å². The second-order valence-electron chi connectivity index (χ2n) is 8.63. The summed E-state index contributed by atoms with van der Waals surface area (Å²) in [5.41, 5.74) is 1.08. The number of aryl methyl sites for hydroxylation is 2. The molecule has 0 aliphatic carbocycles. The van der Waals surface area contributed by atoms with Gasteiger partial charge in [-0.3, -0.25) is 14.5 Å². The molecule has 7 nitrogen and oxygen atoms in total. The number of hydrogen-bond donors (Lipinski definition) is 1. The highest BCUT2D eigenvalue weighted by Crippen LogP contribution is 2.23. The Balaban J connectivity index is 1.42. The number of fused-ring (bicyclic) bond motifs is 3. The van der Waals surface area contributed by atoms with Gasteiger partial charge in [0.05, 0.1) is 6.61 Å². The number of nitrogens with one attached hydrogen (secondary N) is 1. The second kappa shape index (κ2) is 10.7. The Labute approximate surface area is 183 Å². The zero-order valence-corrected chi connectivity index (χ0v) is 18.2. The molecule has 2 aliphatic rings. The van der Waals surface area contributed by atoms with Crippen molar-refractivity contribution in [3.05, 3.63) is 52.0 Å². The molecule has 1 aromatic heterocycles. The highest BCUT2D eigenvalue weighted by atomic mass is 16.5. The zero-order valence-electron chi connectivity index (χ0n) is 18.2. The van der Waals surface area contributed by atoms with E-state index in [2.05, 4.69) is 28.3 Å². The van der Waals surface area contributed by atoms with Crippen molar-refractivity contribution < 1.29 is 14.1 Å². The Bertz CT molecular complexity index is 906. The van der Waals surface area contributed by atoms with Crippen molar-refractivity contribution in [2.24, 2.45) is 0 Å². The van der Waals surface area contributed by atoms with Crippen LogP contribution in [0.4, 0.5) is 0 Å². The van der Waals surface area contributed by atoms with Gasteiger partial charge in [0.25, 0.3) is 5.56 Å². The lowest BCUT2D eigenvalue weighted by Crippen LogP contribution is -2.45. The highest BCUT2D eigenvalue weighted by Gasteiger charge is 2.24. The average Bonchev–Trinajstić information content (AvgIpc) is 3.21. The predicted octanol–water partition coefficient (Wildman–Crippen LogP) is 3.00. The standard InChI is InChI=1S/C24H33N3O4/c28-23-18-22(31-25-23)10-11-24(29)27-13-4-16-30-21-7-3-5-19(17-21)8-9-20-6-1-2-12-26(20)14-15-27/h3,5,7,17-18,20H,1-2,4,6,8-16H2,(H,25,28). The summed E-state index contributed by atoms with van der Waals surface area (Å²) in [6, 6.07) is 10.4. The molecule has 1 unspecified atom stereocenters. The second-order valence-corrected chi connectivity index (χ2v) is 8.63. The molecule has 168 valence electrons. The van der Waals surface area contributed by atoms with Crippen molar-refractivity contribution in [2.75, 3.05) is 32.8 Å².